The molecule has 2 aliphatic heterocycles. The molecule has 7 heteroatoms. The van der Waals surface area contributed by atoms with Gasteiger partial charge in [-0.3, -0.25) is 9.89 Å². The molecule has 2 fully saturated rings. The molecule has 0 amide bonds. The first-order valence-electron chi connectivity index (χ1n) is 11.6. The number of nitrogens with zero attached hydrogens (tertiary/aromatic N) is 4. The molecule has 7 nitrogen and oxygen atoms in total. The van der Waals surface area contributed by atoms with Gasteiger partial charge in [-0.05, 0) is 71.0 Å². The lowest BCUT2D eigenvalue weighted by Gasteiger charge is -2.50. The molecular weight excluding hydrogens is 390 g/mol. The molecule has 0 saturated carbocycles. The summed E-state index contributed by atoms with van der Waals surface area (Å²) in [6.45, 7) is 6.43. The highest BCUT2D eigenvalue weighted by Crippen LogP contribution is 2.31. The highest BCUT2D eigenvalue weighted by molar-refractivity contribution is 5.79. The molecule has 2 aliphatic rings. The van der Waals surface area contributed by atoms with Gasteiger partial charge in [0.25, 0.3) is 0 Å². The number of aliphatic imine (C=N–C) groups is 1. The fraction of sp³-hybridized carbons (Fsp3) is 0.708. The number of rotatable bonds is 7. The summed E-state index contributed by atoms with van der Waals surface area (Å²) >= 11 is 0. The van der Waals surface area contributed by atoms with Crippen LogP contribution in [0.1, 0.15) is 37.7 Å². The van der Waals surface area contributed by atoms with Crippen LogP contribution in [0.4, 0.5) is 0 Å². The quantitative estimate of drug-likeness (QED) is 0.529. The SMILES string of the molecule is CN=C(NCC1(N2CCCCC2)CCN(C)CC1)N(C)Cc1ccc(OC)cc1OC. The average molecular weight is 432 g/mol. The van der Waals surface area contributed by atoms with Crippen molar-refractivity contribution in [1.29, 1.82) is 0 Å². The summed E-state index contributed by atoms with van der Waals surface area (Å²) in [5, 5.41) is 3.72. The van der Waals surface area contributed by atoms with Crippen LogP contribution in [0.3, 0.4) is 0 Å². The van der Waals surface area contributed by atoms with Gasteiger partial charge in [0.2, 0.25) is 0 Å². The summed E-state index contributed by atoms with van der Waals surface area (Å²) in [7, 11) is 9.57. The molecule has 0 radical (unpaired) electrons. The van der Waals surface area contributed by atoms with Crippen molar-refractivity contribution in [3.05, 3.63) is 23.8 Å². The first kappa shape index (κ1) is 23.7. The summed E-state index contributed by atoms with van der Waals surface area (Å²) in [5.74, 6) is 2.56. The van der Waals surface area contributed by atoms with Gasteiger partial charge in [-0.15, -0.1) is 0 Å². The van der Waals surface area contributed by atoms with Gasteiger partial charge in [0, 0.05) is 44.4 Å². The zero-order valence-electron chi connectivity index (χ0n) is 20.1. The molecule has 0 spiro atoms. The Labute approximate surface area is 188 Å². The summed E-state index contributed by atoms with van der Waals surface area (Å²) < 4.78 is 10.9. The Morgan fingerprint density at radius 1 is 1.10 bits per heavy atom. The molecule has 0 aliphatic carbocycles. The van der Waals surface area contributed by atoms with Crippen molar-refractivity contribution < 1.29 is 9.47 Å². The highest BCUT2D eigenvalue weighted by Gasteiger charge is 2.39. The standard InChI is InChI=1S/C24H41N5O2/c1-25-23(28(3)18-20-9-10-21(30-4)17-22(20)31-5)26-19-24(11-15-27(2)16-12-24)29-13-7-6-8-14-29/h9-10,17H,6-8,11-16,18-19H2,1-5H3,(H,25,26). The van der Waals surface area contributed by atoms with Gasteiger partial charge in [-0.25, -0.2) is 0 Å². The van der Waals surface area contributed by atoms with Crippen LogP contribution in [0, 0.1) is 0 Å². The van der Waals surface area contributed by atoms with E-state index in [9.17, 15) is 0 Å². The number of hydrogen-bond donors (Lipinski definition) is 1. The fourth-order valence-corrected chi connectivity index (χ4v) is 4.95. The van der Waals surface area contributed by atoms with Crippen molar-refractivity contribution in [2.24, 2.45) is 4.99 Å². The summed E-state index contributed by atoms with van der Waals surface area (Å²) in [6.07, 6.45) is 6.44. The third-order valence-electron chi connectivity index (χ3n) is 7.00. The molecule has 0 unspecified atom stereocenters. The van der Waals surface area contributed by atoms with E-state index in [1.54, 1.807) is 14.2 Å². The Kier molecular flexibility index (Phi) is 8.43. The van der Waals surface area contributed by atoms with Crippen LogP contribution in [0.25, 0.3) is 0 Å². The van der Waals surface area contributed by atoms with E-state index in [1.165, 1.54) is 45.2 Å². The average Bonchev–Trinajstić information content (AvgIpc) is 2.81. The van der Waals surface area contributed by atoms with Crippen LogP contribution in [0.15, 0.2) is 23.2 Å². The molecule has 0 bridgehead atoms. The van der Waals surface area contributed by atoms with Gasteiger partial charge >= 0.3 is 0 Å². The Morgan fingerprint density at radius 2 is 1.81 bits per heavy atom. The lowest BCUT2D eigenvalue weighted by Crippen LogP contribution is -2.62. The van der Waals surface area contributed by atoms with Gasteiger partial charge in [0.15, 0.2) is 5.96 Å². The zero-order valence-corrected chi connectivity index (χ0v) is 20.1. The minimum atomic E-state index is 0.224. The summed E-state index contributed by atoms with van der Waals surface area (Å²) in [4.78, 5) is 12.0. The molecular formula is C24H41N5O2. The Bertz CT molecular complexity index is 725. The van der Waals surface area contributed by atoms with E-state index in [0.29, 0.717) is 6.54 Å². The number of benzene rings is 1. The van der Waals surface area contributed by atoms with E-state index in [2.05, 4.69) is 45.2 Å². The Morgan fingerprint density at radius 3 is 2.42 bits per heavy atom. The van der Waals surface area contributed by atoms with Crippen molar-refractivity contribution in [1.82, 2.24) is 20.0 Å². The smallest absolute Gasteiger partial charge is 0.193 e. The van der Waals surface area contributed by atoms with Crippen molar-refractivity contribution in [2.45, 2.75) is 44.2 Å². The molecule has 174 valence electrons. The first-order valence-corrected chi connectivity index (χ1v) is 11.6. The molecule has 2 heterocycles. The van der Waals surface area contributed by atoms with Crippen LogP contribution < -0.4 is 14.8 Å². The third kappa shape index (κ3) is 5.83. The number of hydrogen-bond acceptors (Lipinski definition) is 5. The topological polar surface area (TPSA) is 52.6 Å². The van der Waals surface area contributed by atoms with E-state index in [1.807, 2.05) is 19.2 Å². The second-order valence-electron chi connectivity index (χ2n) is 9.01. The van der Waals surface area contributed by atoms with Gasteiger partial charge < -0.3 is 24.6 Å². The van der Waals surface area contributed by atoms with E-state index in [0.717, 1.165) is 42.7 Å². The minimum absolute atomic E-state index is 0.224. The number of piperidine rings is 2. The first-order chi connectivity index (χ1) is 15.0. The third-order valence-corrected chi connectivity index (χ3v) is 7.00. The van der Waals surface area contributed by atoms with Crippen LogP contribution in [0.5, 0.6) is 11.5 Å². The van der Waals surface area contributed by atoms with E-state index < -0.39 is 0 Å². The van der Waals surface area contributed by atoms with Crippen LogP contribution >= 0.6 is 0 Å². The van der Waals surface area contributed by atoms with Crippen molar-refractivity contribution >= 4 is 5.96 Å². The van der Waals surface area contributed by atoms with Crippen LogP contribution in [0.2, 0.25) is 0 Å². The summed E-state index contributed by atoms with van der Waals surface area (Å²) in [6, 6.07) is 5.97. The lowest BCUT2D eigenvalue weighted by atomic mass is 9.84. The molecule has 2 saturated heterocycles. The lowest BCUT2D eigenvalue weighted by molar-refractivity contribution is 0.0170. The second kappa shape index (κ2) is 11.0. The monoisotopic (exact) mass is 431 g/mol. The minimum Gasteiger partial charge on any atom is -0.497 e. The van der Waals surface area contributed by atoms with Gasteiger partial charge in [-0.1, -0.05) is 6.42 Å². The molecule has 31 heavy (non-hydrogen) atoms. The molecule has 0 aromatic heterocycles. The normalized spacial score (nSPS) is 20.4. The predicted octanol–water partition coefficient (Wildman–Crippen LogP) is 2.66. The number of likely N-dealkylation sites (tertiary alicyclic amines) is 2. The van der Waals surface area contributed by atoms with Gasteiger partial charge in [0.05, 0.1) is 14.2 Å². The van der Waals surface area contributed by atoms with Gasteiger partial charge in [0.1, 0.15) is 11.5 Å². The van der Waals surface area contributed by atoms with Crippen molar-refractivity contribution in [2.75, 3.05) is 68.1 Å². The predicted molar refractivity (Wildman–Crippen MR) is 127 cm³/mol. The highest BCUT2D eigenvalue weighted by atomic mass is 16.5. The second-order valence-corrected chi connectivity index (χ2v) is 9.01. The fourth-order valence-electron chi connectivity index (χ4n) is 4.95. The zero-order chi connectivity index (χ0) is 22.3. The maximum atomic E-state index is 5.58. The van der Waals surface area contributed by atoms with E-state index in [4.69, 9.17) is 9.47 Å². The Balaban J connectivity index is 1.67. The van der Waals surface area contributed by atoms with Crippen LogP contribution in [-0.2, 0) is 6.54 Å². The maximum absolute atomic E-state index is 5.58. The van der Waals surface area contributed by atoms with Gasteiger partial charge in [-0.2, -0.15) is 0 Å². The van der Waals surface area contributed by atoms with E-state index in [-0.39, 0.29) is 5.54 Å². The molecule has 1 N–H and O–H groups in total. The molecule has 3 rings (SSSR count). The molecule has 1 aromatic carbocycles. The van der Waals surface area contributed by atoms with E-state index >= 15 is 0 Å². The van der Waals surface area contributed by atoms with Crippen molar-refractivity contribution in [3.63, 3.8) is 0 Å². The summed E-state index contributed by atoms with van der Waals surface area (Å²) in [5.41, 5.74) is 1.33. The maximum Gasteiger partial charge on any atom is 0.193 e. The van der Waals surface area contributed by atoms with Crippen LogP contribution in [-0.4, -0.2) is 94.3 Å². The number of nitrogens with one attached hydrogen (secondary N) is 1. The van der Waals surface area contributed by atoms with Crippen molar-refractivity contribution in [3.8, 4) is 11.5 Å². The number of methoxy groups -OCH3 is 2. The molecule has 0 atom stereocenters. The largest absolute Gasteiger partial charge is 0.497 e. The number of guanidine groups is 1. The molecule has 1 aromatic rings. The Hall–Kier alpha value is -1.99. The number of ether oxygens (including phenoxy) is 2.